The van der Waals surface area contributed by atoms with Gasteiger partial charge in [0.15, 0.2) is 0 Å². The minimum atomic E-state index is -0.691. The van der Waals surface area contributed by atoms with Gasteiger partial charge < -0.3 is 9.47 Å². The second kappa shape index (κ2) is 7.64. The van der Waals surface area contributed by atoms with Crippen molar-refractivity contribution in [2.75, 3.05) is 7.11 Å². The molecule has 4 nitrogen and oxygen atoms in total. The lowest BCUT2D eigenvalue weighted by molar-refractivity contribution is -0.143. The van der Waals surface area contributed by atoms with Gasteiger partial charge in [-0.3, -0.25) is 9.59 Å². The van der Waals surface area contributed by atoms with Crippen LogP contribution in [-0.2, 0) is 19.1 Å². The number of hydrogen-bond donors (Lipinski definition) is 0. The predicted octanol–water partition coefficient (Wildman–Crippen LogP) is 4.00. The molecule has 1 spiro atoms. The highest BCUT2D eigenvalue weighted by molar-refractivity contribution is 5.93. The molecule has 1 aliphatic carbocycles. The molecule has 0 aromatic heterocycles. The molecular weight excluding hydrogens is 304 g/mol. The van der Waals surface area contributed by atoms with Crippen molar-refractivity contribution in [3.63, 3.8) is 0 Å². The molecule has 0 aromatic rings. The van der Waals surface area contributed by atoms with Crippen LogP contribution in [0.5, 0.6) is 0 Å². The molecule has 2 aliphatic rings. The van der Waals surface area contributed by atoms with E-state index >= 15 is 0 Å². The van der Waals surface area contributed by atoms with Crippen molar-refractivity contribution >= 4 is 11.8 Å². The van der Waals surface area contributed by atoms with Gasteiger partial charge >= 0.3 is 5.97 Å². The van der Waals surface area contributed by atoms with Gasteiger partial charge in [-0.2, -0.15) is 0 Å². The van der Waals surface area contributed by atoms with Gasteiger partial charge in [0.1, 0.15) is 11.9 Å². The summed E-state index contributed by atoms with van der Waals surface area (Å²) in [7, 11) is 1.65. The van der Waals surface area contributed by atoms with E-state index in [4.69, 9.17) is 9.47 Å². The third kappa shape index (κ3) is 3.97. The van der Waals surface area contributed by atoms with Crippen molar-refractivity contribution in [1.29, 1.82) is 0 Å². The largest absolute Gasteiger partial charge is 0.457 e. The van der Waals surface area contributed by atoms with E-state index in [0.717, 1.165) is 12.8 Å². The zero-order chi connectivity index (χ0) is 17.9. The van der Waals surface area contributed by atoms with Gasteiger partial charge in [0.25, 0.3) is 0 Å². The molecule has 0 radical (unpaired) electrons. The molecule has 1 aliphatic heterocycles. The van der Waals surface area contributed by atoms with Crippen LogP contribution in [-0.4, -0.2) is 31.1 Å². The number of hydrogen-bond acceptors (Lipinski definition) is 4. The highest BCUT2D eigenvalue weighted by Gasteiger charge is 2.57. The van der Waals surface area contributed by atoms with Gasteiger partial charge in [-0.05, 0) is 52.0 Å². The van der Waals surface area contributed by atoms with E-state index in [-0.39, 0.29) is 30.2 Å². The zero-order valence-corrected chi connectivity index (χ0v) is 15.6. The van der Waals surface area contributed by atoms with Crippen LogP contribution in [0.15, 0.2) is 23.3 Å². The number of carbonyl (C=O) groups is 2. The second-order valence-electron chi connectivity index (χ2n) is 7.66. The first-order valence-electron chi connectivity index (χ1n) is 8.84. The molecule has 0 amide bonds. The average molecular weight is 334 g/mol. The Kier molecular flexibility index (Phi) is 6.02. The summed E-state index contributed by atoms with van der Waals surface area (Å²) in [5.41, 5.74) is 1.78. The summed E-state index contributed by atoms with van der Waals surface area (Å²) in [5, 5.41) is 0. The number of ketones is 1. The van der Waals surface area contributed by atoms with Crippen molar-refractivity contribution in [2.45, 2.75) is 72.0 Å². The molecule has 2 rings (SSSR count). The first-order valence-corrected chi connectivity index (χ1v) is 8.84. The number of methoxy groups -OCH3 is 1. The number of Topliss-reactive ketones (excluding diaryl/α,β-unsaturated/α-hetero) is 1. The smallest absolute Gasteiger partial charge is 0.307 e. The lowest BCUT2D eigenvalue weighted by Crippen LogP contribution is -2.48. The third-order valence-corrected chi connectivity index (χ3v) is 5.36. The summed E-state index contributed by atoms with van der Waals surface area (Å²) in [6, 6.07) is 0. The molecule has 1 heterocycles. The number of allylic oxidation sites excluding steroid dienone is 3. The lowest BCUT2D eigenvalue weighted by atomic mass is 9.64. The second-order valence-corrected chi connectivity index (χ2v) is 7.66. The monoisotopic (exact) mass is 334 g/mol. The molecular formula is C20H30O4. The maximum Gasteiger partial charge on any atom is 0.307 e. The van der Waals surface area contributed by atoms with E-state index < -0.39 is 11.5 Å². The first-order chi connectivity index (χ1) is 11.3. The summed E-state index contributed by atoms with van der Waals surface area (Å²) in [4.78, 5) is 24.8. The average Bonchev–Trinajstić information content (AvgIpc) is 2.79. The molecule has 134 valence electrons. The van der Waals surface area contributed by atoms with Crippen LogP contribution in [0.25, 0.3) is 0 Å². The molecule has 0 N–H and O–H groups in total. The van der Waals surface area contributed by atoms with Gasteiger partial charge in [0.2, 0.25) is 0 Å². The predicted molar refractivity (Wildman–Crippen MR) is 93.6 cm³/mol. The summed E-state index contributed by atoms with van der Waals surface area (Å²) >= 11 is 0. The van der Waals surface area contributed by atoms with E-state index in [1.807, 2.05) is 13.0 Å². The van der Waals surface area contributed by atoms with E-state index in [1.54, 1.807) is 7.11 Å². The van der Waals surface area contributed by atoms with Gasteiger partial charge in [-0.15, -0.1) is 0 Å². The molecule has 2 fully saturated rings. The molecule has 1 saturated heterocycles. The third-order valence-electron chi connectivity index (χ3n) is 5.36. The lowest BCUT2D eigenvalue weighted by Gasteiger charge is -2.40. The minimum absolute atomic E-state index is 0.0535. The molecule has 0 aromatic carbocycles. The quantitative estimate of drug-likeness (QED) is 0.563. The highest BCUT2D eigenvalue weighted by Crippen LogP contribution is 2.48. The molecule has 0 bridgehead atoms. The first kappa shape index (κ1) is 18.9. The standard InChI is InChI=1S/C20H30O4/c1-13(2)7-6-8-14(3)9-18-20(12-19(22)24-18)11-15(4)16(23-5)10-17(20)21/h7,9,15-16,18H,6,8,10-12H2,1-5H3/b14-9+/t15-,16+,18+,20?/m0/s1. The molecule has 4 heteroatoms. The topological polar surface area (TPSA) is 52.6 Å². The van der Waals surface area contributed by atoms with Crippen LogP contribution in [0.1, 0.15) is 59.8 Å². The number of carbonyl (C=O) groups excluding carboxylic acids is 2. The maximum atomic E-state index is 12.8. The van der Waals surface area contributed by atoms with Crippen molar-refractivity contribution in [3.8, 4) is 0 Å². The summed E-state index contributed by atoms with van der Waals surface area (Å²) < 4.78 is 11.0. The summed E-state index contributed by atoms with van der Waals surface area (Å²) in [6.45, 7) is 8.31. The van der Waals surface area contributed by atoms with Gasteiger partial charge in [-0.25, -0.2) is 0 Å². The number of esters is 1. The van der Waals surface area contributed by atoms with Gasteiger partial charge in [0, 0.05) is 13.5 Å². The van der Waals surface area contributed by atoms with Gasteiger partial charge in [0.05, 0.1) is 17.9 Å². The van der Waals surface area contributed by atoms with Crippen molar-refractivity contribution in [2.24, 2.45) is 11.3 Å². The van der Waals surface area contributed by atoms with E-state index in [1.165, 1.54) is 11.1 Å². The van der Waals surface area contributed by atoms with Crippen LogP contribution in [0.3, 0.4) is 0 Å². The Morgan fingerprint density at radius 3 is 2.67 bits per heavy atom. The summed E-state index contributed by atoms with van der Waals surface area (Å²) in [5.74, 6) is 0.0884. The molecule has 1 saturated carbocycles. The van der Waals surface area contributed by atoms with Gasteiger partial charge in [-0.1, -0.05) is 24.1 Å². The SMILES string of the molecule is CO[C@@H]1CC(=O)C2(CC(=O)O[C@@H]2/C=C(\C)CCC=C(C)C)C[C@@H]1C. The Hall–Kier alpha value is -1.42. The van der Waals surface area contributed by atoms with Crippen molar-refractivity contribution in [1.82, 2.24) is 0 Å². The van der Waals surface area contributed by atoms with Crippen LogP contribution >= 0.6 is 0 Å². The molecule has 1 unspecified atom stereocenters. The Labute approximate surface area is 145 Å². The fourth-order valence-corrected chi connectivity index (χ4v) is 3.95. The number of rotatable bonds is 5. The zero-order valence-electron chi connectivity index (χ0n) is 15.6. The normalized spacial score (nSPS) is 33.7. The van der Waals surface area contributed by atoms with Crippen LogP contribution in [0, 0.1) is 11.3 Å². The Morgan fingerprint density at radius 2 is 2.04 bits per heavy atom. The van der Waals surface area contributed by atoms with E-state index in [0.29, 0.717) is 12.8 Å². The Morgan fingerprint density at radius 1 is 1.33 bits per heavy atom. The van der Waals surface area contributed by atoms with Crippen LogP contribution < -0.4 is 0 Å². The Bertz CT molecular complexity index is 556. The maximum absolute atomic E-state index is 12.8. The van der Waals surface area contributed by atoms with Crippen molar-refractivity contribution in [3.05, 3.63) is 23.3 Å². The Balaban J connectivity index is 2.18. The van der Waals surface area contributed by atoms with E-state index in [9.17, 15) is 9.59 Å². The van der Waals surface area contributed by atoms with Crippen LogP contribution in [0.2, 0.25) is 0 Å². The number of ether oxygens (including phenoxy) is 2. The van der Waals surface area contributed by atoms with Crippen molar-refractivity contribution < 1.29 is 19.1 Å². The van der Waals surface area contributed by atoms with E-state index in [2.05, 4.69) is 26.8 Å². The summed E-state index contributed by atoms with van der Waals surface area (Å²) in [6.07, 6.45) is 6.83. The fourth-order valence-electron chi connectivity index (χ4n) is 3.95. The minimum Gasteiger partial charge on any atom is -0.457 e. The molecule has 4 atom stereocenters. The molecule has 24 heavy (non-hydrogen) atoms. The highest BCUT2D eigenvalue weighted by atomic mass is 16.6. The van der Waals surface area contributed by atoms with Crippen LogP contribution in [0.4, 0.5) is 0 Å². The number of cyclic esters (lactones) is 1. The fraction of sp³-hybridized carbons (Fsp3) is 0.700.